The van der Waals surface area contributed by atoms with E-state index in [9.17, 15) is 19.5 Å². The number of imide groups is 1. The van der Waals surface area contributed by atoms with Crippen molar-refractivity contribution < 1.29 is 19.5 Å². The monoisotopic (exact) mass is 451 g/mol. The van der Waals surface area contributed by atoms with Gasteiger partial charge in [-0.1, -0.05) is 63.2 Å². The van der Waals surface area contributed by atoms with E-state index in [1.807, 2.05) is 12.1 Å². The number of benzene rings is 3. The molecule has 1 heterocycles. The lowest BCUT2D eigenvalue weighted by atomic mass is 9.54. The van der Waals surface area contributed by atoms with Crippen molar-refractivity contribution in [3.05, 3.63) is 100 Å². The Morgan fingerprint density at radius 1 is 0.765 bits per heavy atom. The van der Waals surface area contributed by atoms with Crippen LogP contribution in [0, 0.1) is 11.8 Å². The van der Waals surface area contributed by atoms with E-state index in [2.05, 4.69) is 51.1 Å². The van der Waals surface area contributed by atoms with Crippen LogP contribution in [0.15, 0.2) is 66.7 Å². The summed E-state index contributed by atoms with van der Waals surface area (Å²) in [5.41, 5.74) is 6.30. The average molecular weight is 452 g/mol. The summed E-state index contributed by atoms with van der Waals surface area (Å²) in [7, 11) is 0. The first-order valence-electron chi connectivity index (χ1n) is 11.6. The number of hydrogen-bond acceptors (Lipinski definition) is 3. The van der Waals surface area contributed by atoms with Crippen molar-refractivity contribution in [2.45, 2.75) is 38.0 Å². The number of nitrogens with zero attached hydrogens (tertiary/aromatic N) is 1. The largest absolute Gasteiger partial charge is 0.478 e. The van der Waals surface area contributed by atoms with Crippen molar-refractivity contribution in [1.29, 1.82) is 0 Å². The molecule has 170 valence electrons. The smallest absolute Gasteiger partial charge is 0.335 e. The highest BCUT2D eigenvalue weighted by atomic mass is 16.4. The van der Waals surface area contributed by atoms with E-state index < -0.39 is 17.8 Å². The summed E-state index contributed by atoms with van der Waals surface area (Å²) in [6.45, 7) is 6.54. The highest BCUT2D eigenvalue weighted by Gasteiger charge is 2.61. The molecule has 1 aliphatic heterocycles. The van der Waals surface area contributed by atoms with Gasteiger partial charge in [-0.2, -0.15) is 0 Å². The van der Waals surface area contributed by atoms with E-state index in [4.69, 9.17) is 0 Å². The quantitative estimate of drug-likeness (QED) is 0.552. The number of carbonyl (C=O) groups is 3. The number of carbonyl (C=O) groups excluding carboxylic acids is 2. The van der Waals surface area contributed by atoms with Crippen LogP contribution in [0.2, 0.25) is 0 Å². The van der Waals surface area contributed by atoms with Gasteiger partial charge in [0.2, 0.25) is 11.8 Å². The molecule has 1 saturated heterocycles. The molecule has 3 aromatic rings. The van der Waals surface area contributed by atoms with Gasteiger partial charge in [0, 0.05) is 11.8 Å². The summed E-state index contributed by atoms with van der Waals surface area (Å²) in [6.07, 6.45) is 0. The van der Waals surface area contributed by atoms with Crippen LogP contribution in [0.25, 0.3) is 0 Å². The lowest BCUT2D eigenvalue weighted by Crippen LogP contribution is -2.41. The lowest BCUT2D eigenvalue weighted by molar-refractivity contribution is -0.122. The van der Waals surface area contributed by atoms with Gasteiger partial charge in [-0.15, -0.1) is 0 Å². The fraction of sp³-hybridized carbons (Fsp3) is 0.276. The highest BCUT2D eigenvalue weighted by Crippen LogP contribution is 2.61. The summed E-state index contributed by atoms with van der Waals surface area (Å²) in [5.74, 6) is -2.72. The Kier molecular flexibility index (Phi) is 4.22. The molecule has 0 radical (unpaired) electrons. The number of anilines is 1. The van der Waals surface area contributed by atoms with Gasteiger partial charge >= 0.3 is 5.97 Å². The zero-order valence-electron chi connectivity index (χ0n) is 19.3. The second-order valence-electron chi connectivity index (χ2n) is 10.6. The van der Waals surface area contributed by atoms with Crippen molar-refractivity contribution in [2.75, 3.05) is 4.90 Å². The first kappa shape index (κ1) is 20.8. The van der Waals surface area contributed by atoms with Crippen LogP contribution in [0.4, 0.5) is 5.69 Å². The highest BCUT2D eigenvalue weighted by molar-refractivity contribution is 6.23. The van der Waals surface area contributed by atoms with E-state index in [0.29, 0.717) is 5.69 Å². The third kappa shape index (κ3) is 2.70. The third-order valence-electron chi connectivity index (χ3n) is 7.78. The van der Waals surface area contributed by atoms with Gasteiger partial charge in [-0.05, 0) is 57.5 Å². The fourth-order valence-corrected chi connectivity index (χ4v) is 6.20. The number of carboxylic acids is 1. The molecule has 34 heavy (non-hydrogen) atoms. The number of hydrogen-bond donors (Lipinski definition) is 1. The standard InChI is InChI=1S/C29H25NO4/c1-29(2,3)16-10-13-20-21(14-16)23-19-7-5-4-6-18(19)22(20)24-25(23)27(32)30(26(24)31)17-11-8-15(9-12-17)28(33)34/h4-14,22-25H,1-3H3,(H,33,34)/t22-,23-,24-,25+/m0/s1. The van der Waals surface area contributed by atoms with Gasteiger partial charge in [0.1, 0.15) is 0 Å². The van der Waals surface area contributed by atoms with Gasteiger partial charge < -0.3 is 5.11 Å². The molecule has 5 heteroatoms. The Bertz CT molecular complexity index is 1380. The Morgan fingerprint density at radius 2 is 1.29 bits per heavy atom. The van der Waals surface area contributed by atoms with Crippen molar-refractivity contribution >= 4 is 23.5 Å². The second-order valence-corrected chi connectivity index (χ2v) is 10.6. The predicted octanol–water partition coefficient (Wildman–Crippen LogP) is 5.08. The molecule has 1 N–H and O–H groups in total. The summed E-state index contributed by atoms with van der Waals surface area (Å²) in [6, 6.07) is 20.7. The van der Waals surface area contributed by atoms with Crippen molar-refractivity contribution in [3.8, 4) is 0 Å². The van der Waals surface area contributed by atoms with E-state index in [-0.39, 0.29) is 34.6 Å². The lowest BCUT2D eigenvalue weighted by Gasteiger charge is -2.46. The minimum atomic E-state index is -1.04. The van der Waals surface area contributed by atoms with Crippen LogP contribution in [-0.2, 0) is 15.0 Å². The Balaban J connectivity index is 1.51. The SMILES string of the molecule is CC(C)(C)c1ccc2c(c1)[C@@H]1c3ccccc3[C@@H]2[C@@H]2C(=O)N(c3ccc(C(=O)O)cc3)C(=O)[C@H]12. The maximum Gasteiger partial charge on any atom is 0.335 e. The normalized spacial score (nSPS) is 24.6. The molecule has 5 nitrogen and oxygen atoms in total. The zero-order chi connectivity index (χ0) is 23.9. The second kappa shape index (κ2) is 6.89. The number of aromatic carboxylic acids is 1. The molecule has 0 saturated carbocycles. The molecular weight excluding hydrogens is 426 g/mol. The number of rotatable bonds is 2. The summed E-state index contributed by atoms with van der Waals surface area (Å²) in [4.78, 5) is 40.2. The summed E-state index contributed by atoms with van der Waals surface area (Å²) >= 11 is 0. The van der Waals surface area contributed by atoms with Crippen LogP contribution >= 0.6 is 0 Å². The first-order chi connectivity index (χ1) is 16.2. The van der Waals surface area contributed by atoms with Gasteiger partial charge in [0.05, 0.1) is 23.1 Å². The first-order valence-corrected chi connectivity index (χ1v) is 11.6. The number of amides is 2. The maximum atomic E-state index is 13.8. The maximum absolute atomic E-state index is 13.8. The summed E-state index contributed by atoms with van der Waals surface area (Å²) in [5, 5.41) is 9.22. The van der Waals surface area contributed by atoms with Crippen LogP contribution in [0.1, 0.15) is 70.8 Å². The van der Waals surface area contributed by atoms with Gasteiger partial charge in [0.25, 0.3) is 0 Å². The molecule has 1 fully saturated rings. The minimum Gasteiger partial charge on any atom is -0.478 e. The molecule has 3 aromatic carbocycles. The Hall–Kier alpha value is -3.73. The van der Waals surface area contributed by atoms with Crippen molar-refractivity contribution in [2.24, 2.45) is 11.8 Å². The van der Waals surface area contributed by atoms with Crippen LogP contribution in [0.5, 0.6) is 0 Å². The van der Waals surface area contributed by atoms with E-state index in [1.54, 1.807) is 12.1 Å². The van der Waals surface area contributed by atoms with Gasteiger partial charge in [-0.3, -0.25) is 9.59 Å². The Morgan fingerprint density at radius 3 is 1.82 bits per heavy atom. The molecule has 2 bridgehead atoms. The molecule has 4 atom stereocenters. The molecule has 0 spiro atoms. The van der Waals surface area contributed by atoms with Crippen LogP contribution in [0.3, 0.4) is 0 Å². The molecule has 7 rings (SSSR count). The van der Waals surface area contributed by atoms with Crippen molar-refractivity contribution in [1.82, 2.24) is 0 Å². The third-order valence-corrected chi connectivity index (χ3v) is 7.78. The van der Waals surface area contributed by atoms with E-state index in [0.717, 1.165) is 22.3 Å². The summed E-state index contributed by atoms with van der Waals surface area (Å²) < 4.78 is 0. The molecule has 4 aliphatic rings. The molecule has 0 unspecified atom stereocenters. The molecule has 3 aliphatic carbocycles. The van der Waals surface area contributed by atoms with Crippen molar-refractivity contribution in [3.63, 3.8) is 0 Å². The zero-order valence-corrected chi connectivity index (χ0v) is 19.3. The van der Waals surface area contributed by atoms with Crippen LogP contribution in [-0.4, -0.2) is 22.9 Å². The number of carboxylic acid groups (broad SMARTS) is 1. The van der Waals surface area contributed by atoms with E-state index in [1.165, 1.54) is 22.6 Å². The van der Waals surface area contributed by atoms with E-state index >= 15 is 0 Å². The molecule has 2 amide bonds. The van der Waals surface area contributed by atoms with Gasteiger partial charge in [-0.25, -0.2) is 9.69 Å². The molecule has 0 aromatic heterocycles. The van der Waals surface area contributed by atoms with Crippen LogP contribution < -0.4 is 4.90 Å². The topological polar surface area (TPSA) is 74.7 Å². The fourth-order valence-electron chi connectivity index (χ4n) is 6.20. The average Bonchev–Trinajstić information content (AvgIpc) is 3.08. The predicted molar refractivity (Wildman–Crippen MR) is 128 cm³/mol. The van der Waals surface area contributed by atoms with Gasteiger partial charge in [0.15, 0.2) is 0 Å². The minimum absolute atomic E-state index is 0.0297. The molecular formula is C29H25NO4. The Labute approximate surface area is 198 Å².